The summed E-state index contributed by atoms with van der Waals surface area (Å²) < 4.78 is 2.70. The molecule has 2 radical (unpaired) electrons. The highest BCUT2D eigenvalue weighted by molar-refractivity contribution is 7.71. The molecule has 2 rings (SSSR count). The third-order valence-corrected chi connectivity index (χ3v) is 2.94. The van der Waals surface area contributed by atoms with Crippen LogP contribution in [0, 0.1) is 4.77 Å². The van der Waals surface area contributed by atoms with Gasteiger partial charge in [-0.2, -0.15) is 5.10 Å². The van der Waals surface area contributed by atoms with Gasteiger partial charge in [0.05, 0.1) is 6.54 Å². The van der Waals surface area contributed by atoms with E-state index in [0.717, 1.165) is 30.7 Å². The first-order valence-corrected chi connectivity index (χ1v) is 6.10. The van der Waals surface area contributed by atoms with Crippen LogP contribution in [-0.4, -0.2) is 22.6 Å². The van der Waals surface area contributed by atoms with Crippen molar-refractivity contribution >= 4 is 25.5 Å². The normalized spacial score (nSPS) is 10.6. The Morgan fingerprint density at radius 1 is 1.35 bits per heavy atom. The molecule has 0 aliphatic carbocycles. The first-order chi connectivity index (χ1) is 8.20. The molecule has 3 nitrogen and oxygen atoms in total. The van der Waals surface area contributed by atoms with Crippen LogP contribution in [0.5, 0.6) is 0 Å². The predicted molar refractivity (Wildman–Crippen MR) is 72.3 cm³/mol. The maximum Gasteiger partial charge on any atom is 0.195 e. The van der Waals surface area contributed by atoms with Gasteiger partial charge in [-0.15, -0.1) is 0 Å². The molecule has 1 aromatic heterocycles. The Hall–Kier alpha value is -1.36. The summed E-state index contributed by atoms with van der Waals surface area (Å²) in [5.74, 6) is 1.01. The molecule has 5 heteroatoms. The zero-order chi connectivity index (χ0) is 12.3. The van der Waals surface area contributed by atoms with Crippen LogP contribution in [0.3, 0.4) is 0 Å². The average molecular weight is 243 g/mol. The van der Waals surface area contributed by atoms with Crippen molar-refractivity contribution in [1.29, 1.82) is 0 Å². The number of aryl methyl sites for hydroxylation is 1. The Bertz CT molecular complexity index is 542. The molecule has 1 heterocycles. The molecule has 0 atom stereocenters. The Labute approximate surface area is 107 Å². The topological polar surface area (TPSA) is 33.6 Å². The number of hydrogen-bond donors (Lipinski definition) is 1. The van der Waals surface area contributed by atoms with Gasteiger partial charge in [-0.1, -0.05) is 36.7 Å². The van der Waals surface area contributed by atoms with Gasteiger partial charge < -0.3 is 0 Å². The Balaban J connectivity index is 2.26. The lowest BCUT2D eigenvalue weighted by Gasteiger charge is -2.06. The smallest absolute Gasteiger partial charge is 0.195 e. The summed E-state index contributed by atoms with van der Waals surface area (Å²) in [6, 6.07) is 7.83. The molecule has 1 aromatic carbocycles. The van der Waals surface area contributed by atoms with Crippen LogP contribution in [-0.2, 0) is 13.0 Å². The molecule has 17 heavy (non-hydrogen) atoms. The molecule has 0 saturated carbocycles. The fourth-order valence-electron chi connectivity index (χ4n) is 1.73. The van der Waals surface area contributed by atoms with Crippen LogP contribution >= 0.6 is 12.2 Å². The monoisotopic (exact) mass is 243 g/mol. The Kier molecular flexibility index (Phi) is 3.79. The zero-order valence-electron chi connectivity index (χ0n) is 9.81. The van der Waals surface area contributed by atoms with Crippen LogP contribution < -0.4 is 5.46 Å². The van der Waals surface area contributed by atoms with E-state index in [0.29, 0.717) is 4.77 Å². The molecule has 0 bridgehead atoms. The summed E-state index contributed by atoms with van der Waals surface area (Å²) in [5, 5.41) is 7.09. The van der Waals surface area contributed by atoms with E-state index < -0.39 is 0 Å². The number of rotatable bonds is 4. The van der Waals surface area contributed by atoms with Gasteiger partial charge in [-0.3, -0.25) is 9.67 Å². The summed E-state index contributed by atoms with van der Waals surface area (Å²) in [4.78, 5) is 0. The second kappa shape index (κ2) is 5.32. The summed E-state index contributed by atoms with van der Waals surface area (Å²) in [7, 11) is 5.66. The lowest BCUT2D eigenvalue weighted by Crippen LogP contribution is -2.07. The van der Waals surface area contributed by atoms with E-state index in [1.165, 1.54) is 5.56 Å². The lowest BCUT2D eigenvalue weighted by molar-refractivity contribution is 0.699. The van der Waals surface area contributed by atoms with Gasteiger partial charge in [0.1, 0.15) is 13.7 Å². The van der Waals surface area contributed by atoms with E-state index in [1.807, 2.05) is 28.8 Å². The highest BCUT2D eigenvalue weighted by Gasteiger charge is 2.05. The summed E-state index contributed by atoms with van der Waals surface area (Å²) in [6.45, 7) is 2.87. The second-order valence-electron chi connectivity index (χ2n) is 4.02. The predicted octanol–water partition coefficient (Wildman–Crippen LogP) is 1.74. The van der Waals surface area contributed by atoms with Crippen LogP contribution in [0.1, 0.15) is 24.7 Å². The number of nitrogens with zero attached hydrogens (tertiary/aromatic N) is 2. The molecular formula is C12H14BN3S. The van der Waals surface area contributed by atoms with Gasteiger partial charge in [-0.05, 0) is 24.2 Å². The van der Waals surface area contributed by atoms with E-state index in [1.54, 1.807) is 0 Å². The van der Waals surface area contributed by atoms with Gasteiger partial charge in [0, 0.05) is 6.42 Å². The van der Waals surface area contributed by atoms with Gasteiger partial charge in [0.25, 0.3) is 0 Å². The third-order valence-electron chi connectivity index (χ3n) is 2.63. The molecule has 0 spiro atoms. The first-order valence-electron chi connectivity index (χ1n) is 5.69. The molecule has 0 unspecified atom stereocenters. The van der Waals surface area contributed by atoms with Gasteiger partial charge in [-0.25, -0.2) is 0 Å². The van der Waals surface area contributed by atoms with Crippen molar-refractivity contribution in [3.63, 3.8) is 0 Å². The Morgan fingerprint density at radius 2 is 2.06 bits per heavy atom. The minimum Gasteiger partial charge on any atom is -0.300 e. The van der Waals surface area contributed by atoms with Gasteiger partial charge in [0.15, 0.2) is 4.77 Å². The quantitative estimate of drug-likeness (QED) is 0.655. The molecule has 86 valence electrons. The standard InChI is InChI=1S/C12H14BN3S/c1-2-3-11-14-15-12(17)16(11)8-9-4-6-10(13)7-5-9/h4-7H,2-3,8H2,1H3,(H,15,17). The molecular weight excluding hydrogens is 229 g/mol. The van der Waals surface area contributed by atoms with Crippen molar-refractivity contribution < 1.29 is 0 Å². The summed E-state index contributed by atoms with van der Waals surface area (Å²) >= 11 is 5.23. The molecule has 2 aromatic rings. The van der Waals surface area contributed by atoms with Crippen LogP contribution in [0.4, 0.5) is 0 Å². The van der Waals surface area contributed by atoms with Crippen molar-refractivity contribution in [2.75, 3.05) is 0 Å². The maximum atomic E-state index is 5.66. The number of aromatic amines is 1. The van der Waals surface area contributed by atoms with Crippen molar-refractivity contribution in [3.8, 4) is 0 Å². The van der Waals surface area contributed by atoms with Gasteiger partial charge in [0.2, 0.25) is 0 Å². The highest BCUT2D eigenvalue weighted by Crippen LogP contribution is 2.06. The van der Waals surface area contributed by atoms with Crippen LogP contribution in [0.25, 0.3) is 0 Å². The van der Waals surface area contributed by atoms with E-state index in [-0.39, 0.29) is 0 Å². The SMILES string of the molecule is [B]c1ccc(Cn2c(CCC)n[nH]c2=S)cc1. The average Bonchev–Trinajstić information content (AvgIpc) is 2.65. The van der Waals surface area contributed by atoms with E-state index in [4.69, 9.17) is 20.1 Å². The van der Waals surface area contributed by atoms with Crippen LogP contribution in [0.15, 0.2) is 24.3 Å². The number of nitrogens with one attached hydrogen (secondary N) is 1. The van der Waals surface area contributed by atoms with Crippen molar-refractivity contribution in [2.45, 2.75) is 26.3 Å². The number of hydrogen-bond acceptors (Lipinski definition) is 2. The number of aromatic nitrogens is 3. The van der Waals surface area contributed by atoms with Crippen LogP contribution in [0.2, 0.25) is 0 Å². The molecule has 1 N–H and O–H groups in total. The van der Waals surface area contributed by atoms with Gasteiger partial charge >= 0.3 is 0 Å². The minimum absolute atomic E-state index is 0.672. The minimum atomic E-state index is 0.672. The fourth-order valence-corrected chi connectivity index (χ4v) is 1.95. The largest absolute Gasteiger partial charge is 0.300 e. The molecule has 0 aliphatic rings. The summed E-state index contributed by atoms with van der Waals surface area (Å²) in [5.41, 5.74) is 1.95. The summed E-state index contributed by atoms with van der Waals surface area (Å²) in [6.07, 6.45) is 1.99. The van der Waals surface area contributed by atoms with Crippen molar-refractivity contribution in [3.05, 3.63) is 40.4 Å². The lowest BCUT2D eigenvalue weighted by atomic mass is 9.95. The molecule has 0 saturated heterocycles. The molecule has 0 amide bonds. The third kappa shape index (κ3) is 2.85. The first kappa shape index (κ1) is 12.1. The zero-order valence-corrected chi connectivity index (χ0v) is 10.6. The maximum absolute atomic E-state index is 5.66. The fraction of sp³-hybridized carbons (Fsp3) is 0.333. The number of H-pyrrole nitrogens is 1. The second-order valence-corrected chi connectivity index (χ2v) is 4.41. The van der Waals surface area contributed by atoms with Crippen molar-refractivity contribution in [1.82, 2.24) is 14.8 Å². The number of benzene rings is 1. The van der Waals surface area contributed by atoms with E-state index in [9.17, 15) is 0 Å². The highest BCUT2D eigenvalue weighted by atomic mass is 32.1. The van der Waals surface area contributed by atoms with E-state index >= 15 is 0 Å². The molecule has 0 aliphatic heterocycles. The Morgan fingerprint density at radius 3 is 2.71 bits per heavy atom. The van der Waals surface area contributed by atoms with E-state index in [2.05, 4.69) is 17.1 Å². The van der Waals surface area contributed by atoms with Crippen molar-refractivity contribution in [2.24, 2.45) is 0 Å². The molecule has 0 fully saturated rings.